The number of rotatable bonds is 7. The van der Waals surface area contributed by atoms with E-state index in [2.05, 4.69) is 10.3 Å². The van der Waals surface area contributed by atoms with E-state index in [4.69, 9.17) is 16.3 Å². The second-order valence-electron chi connectivity index (χ2n) is 7.06. The molecule has 1 aliphatic rings. The maximum Gasteiger partial charge on any atom is 0.256 e. The van der Waals surface area contributed by atoms with Crippen LogP contribution in [0.3, 0.4) is 0 Å². The van der Waals surface area contributed by atoms with Crippen LogP contribution in [0.15, 0.2) is 36.4 Å². The van der Waals surface area contributed by atoms with Crippen molar-refractivity contribution in [3.05, 3.63) is 58.2 Å². The van der Waals surface area contributed by atoms with Gasteiger partial charge in [-0.1, -0.05) is 23.7 Å². The molecule has 0 bridgehead atoms. The van der Waals surface area contributed by atoms with Gasteiger partial charge in [0.25, 0.3) is 11.8 Å². The van der Waals surface area contributed by atoms with Crippen LogP contribution in [0.5, 0.6) is 5.88 Å². The zero-order valence-electron chi connectivity index (χ0n) is 16.1. The molecule has 1 N–H and O–H groups in total. The Morgan fingerprint density at radius 3 is 2.71 bits per heavy atom. The second-order valence-corrected chi connectivity index (χ2v) is 7.45. The number of hydrogen-bond donors (Lipinski definition) is 1. The molecule has 0 saturated heterocycles. The Labute approximate surface area is 169 Å². The van der Waals surface area contributed by atoms with E-state index < -0.39 is 0 Å². The zero-order valence-corrected chi connectivity index (χ0v) is 16.8. The lowest BCUT2D eigenvalue weighted by Gasteiger charge is -2.26. The van der Waals surface area contributed by atoms with Gasteiger partial charge in [0.1, 0.15) is 16.8 Å². The third-order valence-electron chi connectivity index (χ3n) is 4.68. The van der Waals surface area contributed by atoms with Crippen molar-refractivity contribution in [1.82, 2.24) is 15.2 Å². The summed E-state index contributed by atoms with van der Waals surface area (Å²) in [6.07, 6.45) is 3.78. The average Bonchev–Trinajstić information content (AvgIpc) is 2.64. The summed E-state index contributed by atoms with van der Waals surface area (Å²) in [4.78, 5) is 30.4. The number of ether oxygens (including phenoxy) is 1. The molecule has 28 heavy (non-hydrogen) atoms. The molecule has 0 spiro atoms. The molecule has 1 aromatic heterocycles. The maximum atomic E-state index is 12.6. The van der Waals surface area contributed by atoms with Gasteiger partial charge >= 0.3 is 0 Å². The lowest BCUT2D eigenvalue weighted by atomic mass is 9.96. The predicted octanol–water partition coefficient (Wildman–Crippen LogP) is 3.34. The number of nitrogens with one attached hydrogen (secondary N) is 1. The molecular weight excluding hydrogens is 378 g/mol. The SMILES string of the molecule is CN(C)C(=O)c1cccc(CCNC(=O)c2ccc(Cl)nc2OC2CCC2)c1. The Morgan fingerprint density at radius 2 is 2.04 bits per heavy atom. The maximum absolute atomic E-state index is 12.6. The Hall–Kier alpha value is -2.60. The highest BCUT2D eigenvalue weighted by Crippen LogP contribution is 2.27. The normalized spacial score (nSPS) is 13.5. The van der Waals surface area contributed by atoms with E-state index in [0.29, 0.717) is 29.2 Å². The first-order valence-corrected chi connectivity index (χ1v) is 9.74. The zero-order chi connectivity index (χ0) is 20.1. The quantitative estimate of drug-likeness (QED) is 0.722. The summed E-state index contributed by atoms with van der Waals surface area (Å²) in [5.74, 6) is -0.0109. The number of hydrogen-bond acceptors (Lipinski definition) is 4. The van der Waals surface area contributed by atoms with Crippen molar-refractivity contribution in [3.8, 4) is 5.88 Å². The van der Waals surface area contributed by atoms with Gasteiger partial charge in [0.2, 0.25) is 5.88 Å². The molecule has 0 radical (unpaired) electrons. The van der Waals surface area contributed by atoms with Crippen molar-refractivity contribution in [2.45, 2.75) is 31.8 Å². The predicted molar refractivity (Wildman–Crippen MR) is 108 cm³/mol. The van der Waals surface area contributed by atoms with Crippen molar-refractivity contribution < 1.29 is 14.3 Å². The highest BCUT2D eigenvalue weighted by atomic mass is 35.5. The number of amides is 2. The molecule has 1 heterocycles. The molecule has 2 amide bonds. The van der Waals surface area contributed by atoms with Gasteiger partial charge in [-0.2, -0.15) is 0 Å². The molecular formula is C21H24ClN3O3. The smallest absolute Gasteiger partial charge is 0.256 e. The van der Waals surface area contributed by atoms with E-state index >= 15 is 0 Å². The fourth-order valence-corrected chi connectivity index (χ4v) is 3.00. The van der Waals surface area contributed by atoms with Gasteiger partial charge in [-0.05, 0) is 55.5 Å². The van der Waals surface area contributed by atoms with Crippen LogP contribution in [0.2, 0.25) is 5.15 Å². The molecule has 0 aliphatic heterocycles. The van der Waals surface area contributed by atoms with Crippen molar-refractivity contribution in [3.63, 3.8) is 0 Å². The van der Waals surface area contributed by atoms with Crippen LogP contribution in [-0.4, -0.2) is 48.4 Å². The van der Waals surface area contributed by atoms with Gasteiger partial charge in [0, 0.05) is 26.2 Å². The minimum Gasteiger partial charge on any atom is -0.474 e. The third kappa shape index (κ3) is 5.01. The number of pyridine rings is 1. The summed E-state index contributed by atoms with van der Waals surface area (Å²) >= 11 is 5.96. The van der Waals surface area contributed by atoms with Crippen LogP contribution < -0.4 is 10.1 Å². The van der Waals surface area contributed by atoms with Gasteiger partial charge in [0.15, 0.2) is 0 Å². The van der Waals surface area contributed by atoms with E-state index in [0.717, 1.165) is 24.8 Å². The van der Waals surface area contributed by atoms with Crippen LogP contribution in [0.4, 0.5) is 0 Å². The molecule has 6 nitrogen and oxygen atoms in total. The topological polar surface area (TPSA) is 71.5 Å². The molecule has 3 rings (SSSR count). The molecule has 2 aromatic rings. The number of nitrogens with zero attached hydrogens (tertiary/aromatic N) is 2. The summed E-state index contributed by atoms with van der Waals surface area (Å²) in [5, 5.41) is 3.19. The first kappa shape index (κ1) is 20.1. The highest BCUT2D eigenvalue weighted by molar-refractivity contribution is 6.29. The minimum absolute atomic E-state index is 0.0455. The molecule has 1 aliphatic carbocycles. The van der Waals surface area contributed by atoms with Crippen LogP contribution in [-0.2, 0) is 6.42 Å². The Morgan fingerprint density at radius 1 is 1.25 bits per heavy atom. The first-order chi connectivity index (χ1) is 13.4. The number of benzene rings is 1. The minimum atomic E-state index is -0.251. The first-order valence-electron chi connectivity index (χ1n) is 9.36. The lowest BCUT2D eigenvalue weighted by molar-refractivity contribution is 0.0826. The summed E-state index contributed by atoms with van der Waals surface area (Å²) in [5.41, 5.74) is 1.99. The van der Waals surface area contributed by atoms with Gasteiger partial charge in [-0.25, -0.2) is 4.98 Å². The number of aromatic nitrogens is 1. The Kier molecular flexibility index (Phi) is 6.52. The summed E-state index contributed by atoms with van der Waals surface area (Å²) in [7, 11) is 3.44. The van der Waals surface area contributed by atoms with E-state index in [1.54, 1.807) is 32.3 Å². The number of halogens is 1. The third-order valence-corrected chi connectivity index (χ3v) is 4.89. The summed E-state index contributed by atoms with van der Waals surface area (Å²) in [6.45, 7) is 0.434. The van der Waals surface area contributed by atoms with Crippen molar-refractivity contribution >= 4 is 23.4 Å². The van der Waals surface area contributed by atoms with E-state index in [-0.39, 0.29) is 23.8 Å². The van der Waals surface area contributed by atoms with Crippen LogP contribution in [0.1, 0.15) is 45.5 Å². The van der Waals surface area contributed by atoms with Crippen LogP contribution >= 0.6 is 11.6 Å². The second kappa shape index (κ2) is 9.06. The molecule has 1 aromatic carbocycles. The van der Waals surface area contributed by atoms with Gasteiger partial charge in [0.05, 0.1) is 0 Å². The largest absolute Gasteiger partial charge is 0.474 e. The van der Waals surface area contributed by atoms with Crippen LogP contribution in [0.25, 0.3) is 0 Å². The molecule has 1 saturated carbocycles. The fourth-order valence-electron chi connectivity index (χ4n) is 2.86. The standard InChI is InChI=1S/C21H24ClN3O3/c1-25(2)21(27)15-6-3-5-14(13-15)11-12-23-19(26)17-9-10-18(22)24-20(17)28-16-7-4-8-16/h3,5-6,9-10,13,16H,4,7-8,11-12H2,1-2H3,(H,23,26). The molecule has 1 fully saturated rings. The van der Waals surface area contributed by atoms with E-state index in [9.17, 15) is 9.59 Å². The van der Waals surface area contributed by atoms with Crippen molar-refractivity contribution in [1.29, 1.82) is 0 Å². The van der Waals surface area contributed by atoms with Gasteiger partial charge < -0.3 is 15.0 Å². The monoisotopic (exact) mass is 401 g/mol. The van der Waals surface area contributed by atoms with Crippen molar-refractivity contribution in [2.24, 2.45) is 0 Å². The summed E-state index contributed by atoms with van der Waals surface area (Å²) < 4.78 is 5.81. The summed E-state index contributed by atoms with van der Waals surface area (Å²) in [6, 6.07) is 10.6. The Balaban J connectivity index is 1.60. The molecule has 0 atom stereocenters. The van der Waals surface area contributed by atoms with Gasteiger partial charge in [-0.3, -0.25) is 9.59 Å². The van der Waals surface area contributed by atoms with E-state index in [1.165, 1.54) is 4.90 Å². The average molecular weight is 402 g/mol. The molecule has 0 unspecified atom stereocenters. The van der Waals surface area contributed by atoms with Gasteiger partial charge in [-0.15, -0.1) is 0 Å². The van der Waals surface area contributed by atoms with E-state index in [1.807, 2.05) is 18.2 Å². The number of carbonyl (C=O) groups excluding carboxylic acids is 2. The molecule has 148 valence electrons. The fraction of sp³-hybridized carbons (Fsp3) is 0.381. The highest BCUT2D eigenvalue weighted by Gasteiger charge is 2.23. The molecule has 7 heteroatoms. The Bertz CT molecular complexity index is 866. The lowest BCUT2D eigenvalue weighted by Crippen LogP contribution is -2.29. The van der Waals surface area contributed by atoms with Crippen LogP contribution in [0, 0.1) is 0 Å². The number of carbonyl (C=O) groups is 2. The van der Waals surface area contributed by atoms with Crippen molar-refractivity contribution in [2.75, 3.05) is 20.6 Å².